The molecular weight excluding hydrogens is 684 g/mol. The van der Waals surface area contributed by atoms with E-state index in [-0.39, 0.29) is 5.41 Å². The van der Waals surface area contributed by atoms with Crippen molar-refractivity contribution in [2.75, 3.05) is 5.33 Å². The van der Waals surface area contributed by atoms with Gasteiger partial charge in [-0.15, -0.1) is 0 Å². The van der Waals surface area contributed by atoms with E-state index in [1.807, 2.05) is 0 Å². The van der Waals surface area contributed by atoms with E-state index in [2.05, 4.69) is 153 Å². The zero-order chi connectivity index (χ0) is 28.3. The van der Waals surface area contributed by atoms with Gasteiger partial charge in [0.05, 0.1) is 5.41 Å². The normalized spacial score (nSPS) is 13.2. The van der Waals surface area contributed by atoms with Crippen LogP contribution in [0.5, 0.6) is 0 Å². The van der Waals surface area contributed by atoms with Gasteiger partial charge in [0.15, 0.2) is 0 Å². The summed E-state index contributed by atoms with van der Waals surface area (Å²) in [6, 6.07) is 31.8. The van der Waals surface area contributed by atoms with Crippen molar-refractivity contribution in [3.05, 3.63) is 127 Å². The molecule has 0 spiro atoms. The molecule has 1 aliphatic rings. The van der Waals surface area contributed by atoms with Crippen LogP contribution in [0.4, 0.5) is 0 Å². The van der Waals surface area contributed by atoms with Gasteiger partial charge in [-0.2, -0.15) is 0 Å². The number of unbranched alkanes of at least 4 members (excludes halogenated alkanes) is 5. The van der Waals surface area contributed by atoms with Crippen molar-refractivity contribution in [3.63, 3.8) is 0 Å². The van der Waals surface area contributed by atoms with E-state index in [9.17, 15) is 0 Å². The maximum absolute atomic E-state index is 3.81. The summed E-state index contributed by atoms with van der Waals surface area (Å²) in [6.07, 6.45) is 8.40. The largest absolute Gasteiger partial charge is 0.0928 e. The van der Waals surface area contributed by atoms with Crippen molar-refractivity contribution in [3.8, 4) is 0 Å². The Balaban J connectivity index is 0.000000312. The first-order chi connectivity index (χ1) is 19.4. The number of aryl methyl sites for hydroxylation is 2. The third kappa shape index (κ3) is 5.59. The Morgan fingerprint density at radius 3 is 1.40 bits per heavy atom. The van der Waals surface area contributed by atoms with E-state index in [0.29, 0.717) is 0 Å². The zero-order valence-electron chi connectivity index (χ0n) is 23.7. The van der Waals surface area contributed by atoms with Gasteiger partial charge in [0.2, 0.25) is 0 Å². The average Bonchev–Trinajstić information content (AvgIpc) is 3.23. The van der Waals surface area contributed by atoms with Gasteiger partial charge in [-0.05, 0) is 88.3 Å². The molecule has 0 unspecified atom stereocenters. The van der Waals surface area contributed by atoms with Crippen LogP contribution in [-0.2, 0) is 5.41 Å². The van der Waals surface area contributed by atoms with Crippen LogP contribution in [0.3, 0.4) is 0 Å². The summed E-state index contributed by atoms with van der Waals surface area (Å²) in [4.78, 5) is 0. The summed E-state index contributed by atoms with van der Waals surface area (Å²) >= 11 is 11.0. The molecule has 0 bridgehead atoms. The number of benzene rings is 5. The molecule has 0 aromatic heterocycles. The second-order valence-corrected chi connectivity index (χ2v) is 13.7. The van der Waals surface area contributed by atoms with Gasteiger partial charge in [0.1, 0.15) is 0 Å². The molecule has 0 radical (unpaired) electrons. The van der Waals surface area contributed by atoms with Crippen LogP contribution in [0.1, 0.15) is 78.8 Å². The lowest BCUT2D eigenvalue weighted by molar-refractivity contribution is 0.628. The van der Waals surface area contributed by atoms with Crippen LogP contribution in [0.25, 0.3) is 21.5 Å². The minimum atomic E-state index is -0.366. The Kier molecular flexibility index (Phi) is 9.55. The lowest BCUT2D eigenvalue weighted by Gasteiger charge is -2.34. The summed E-state index contributed by atoms with van der Waals surface area (Å²) in [5, 5.41) is 6.47. The van der Waals surface area contributed by atoms with Crippen molar-refractivity contribution in [1.29, 1.82) is 0 Å². The van der Waals surface area contributed by atoms with Crippen molar-refractivity contribution < 1.29 is 0 Å². The molecule has 0 amide bonds. The van der Waals surface area contributed by atoms with Crippen LogP contribution in [-0.4, -0.2) is 5.33 Å². The molecule has 3 heteroatoms. The van der Waals surface area contributed by atoms with Gasteiger partial charge in [-0.25, -0.2) is 0 Å². The van der Waals surface area contributed by atoms with Gasteiger partial charge < -0.3 is 0 Å². The van der Waals surface area contributed by atoms with Crippen molar-refractivity contribution >= 4 is 69.3 Å². The number of rotatable bonds is 8. The first-order valence-electron chi connectivity index (χ1n) is 14.5. The molecule has 5 aromatic rings. The molecule has 0 aliphatic heterocycles. The van der Waals surface area contributed by atoms with E-state index in [4.69, 9.17) is 0 Å². The lowest BCUT2D eigenvalue weighted by atomic mass is 9.67. The molecule has 206 valence electrons. The monoisotopic (exact) mass is 718 g/mol. The summed E-state index contributed by atoms with van der Waals surface area (Å²) in [5.74, 6) is 0. The highest BCUT2D eigenvalue weighted by molar-refractivity contribution is 9.10. The standard InChI is InChI=1S/C29H20Br2.C8H17Br/c1-17-3-9-21(10-4-17)29(22-11-5-18(2)6-12-22)25-15-23(30)13-19-7-8-20-14-24(31)16-26(29)28(20)27(19)25;1-2-3-4-5-6-7-8-9/h3-16H,1-2H3;2-8H2,1H3. The molecule has 0 heterocycles. The van der Waals surface area contributed by atoms with E-state index in [1.54, 1.807) is 0 Å². The Hall–Kier alpha value is -1.94. The summed E-state index contributed by atoms with van der Waals surface area (Å²) in [6.45, 7) is 6.56. The Bertz CT molecular complexity index is 1490. The Morgan fingerprint density at radius 1 is 0.550 bits per heavy atom. The van der Waals surface area contributed by atoms with Crippen LogP contribution in [0.2, 0.25) is 0 Å². The molecule has 5 aromatic carbocycles. The molecule has 0 saturated carbocycles. The highest BCUT2D eigenvalue weighted by atomic mass is 79.9. The fourth-order valence-electron chi connectivity index (χ4n) is 6.26. The first kappa shape index (κ1) is 29.5. The third-order valence-electron chi connectivity index (χ3n) is 8.22. The number of alkyl halides is 1. The van der Waals surface area contributed by atoms with Gasteiger partial charge in [-0.1, -0.05) is 159 Å². The fraction of sp³-hybridized carbons (Fsp3) is 0.297. The zero-order valence-corrected chi connectivity index (χ0v) is 28.4. The maximum Gasteiger partial charge on any atom is 0.0714 e. The lowest BCUT2D eigenvalue weighted by Crippen LogP contribution is -2.29. The molecule has 40 heavy (non-hydrogen) atoms. The topological polar surface area (TPSA) is 0 Å². The van der Waals surface area contributed by atoms with Crippen molar-refractivity contribution in [1.82, 2.24) is 0 Å². The molecule has 0 fully saturated rings. The highest BCUT2D eigenvalue weighted by Crippen LogP contribution is 2.57. The Morgan fingerprint density at radius 2 is 0.975 bits per heavy atom. The summed E-state index contributed by atoms with van der Waals surface area (Å²) in [5.41, 5.74) is 7.49. The van der Waals surface area contributed by atoms with Crippen LogP contribution in [0, 0.1) is 13.8 Å². The van der Waals surface area contributed by atoms with Gasteiger partial charge in [0.25, 0.3) is 0 Å². The third-order valence-corrected chi connectivity index (χ3v) is 9.70. The van der Waals surface area contributed by atoms with E-state index in [1.165, 1.54) is 98.8 Å². The van der Waals surface area contributed by atoms with Gasteiger partial charge >= 0.3 is 0 Å². The molecule has 0 saturated heterocycles. The van der Waals surface area contributed by atoms with E-state index < -0.39 is 0 Å². The number of hydrogen-bond acceptors (Lipinski definition) is 0. The predicted octanol–water partition coefficient (Wildman–Crippen LogP) is 12.6. The molecular formula is C37H37Br3. The summed E-state index contributed by atoms with van der Waals surface area (Å²) in [7, 11) is 0. The van der Waals surface area contributed by atoms with E-state index in [0.717, 1.165) is 8.95 Å². The van der Waals surface area contributed by atoms with Crippen LogP contribution < -0.4 is 0 Å². The minimum absolute atomic E-state index is 0.366. The summed E-state index contributed by atoms with van der Waals surface area (Å²) < 4.78 is 2.23. The quantitative estimate of drug-likeness (QED) is 0.0834. The van der Waals surface area contributed by atoms with E-state index >= 15 is 0 Å². The van der Waals surface area contributed by atoms with Crippen LogP contribution in [0.15, 0.2) is 93.9 Å². The Labute approximate surface area is 265 Å². The van der Waals surface area contributed by atoms with Crippen molar-refractivity contribution in [2.24, 2.45) is 0 Å². The number of hydrogen-bond donors (Lipinski definition) is 0. The molecule has 6 rings (SSSR count). The molecule has 0 atom stereocenters. The number of halogens is 3. The molecule has 0 nitrogen and oxygen atoms in total. The van der Waals surface area contributed by atoms with Gasteiger partial charge in [-0.3, -0.25) is 0 Å². The van der Waals surface area contributed by atoms with Gasteiger partial charge in [0, 0.05) is 14.3 Å². The first-order valence-corrected chi connectivity index (χ1v) is 17.2. The highest BCUT2D eigenvalue weighted by Gasteiger charge is 2.45. The molecule has 1 aliphatic carbocycles. The fourth-order valence-corrected chi connectivity index (χ4v) is 7.61. The second kappa shape index (κ2) is 12.9. The SMILES string of the molecule is CCCCCCCCBr.Cc1ccc(C2(c3ccc(C)cc3)c3cc(Br)cc4ccc5cc(Br)cc2c5c34)cc1. The second-order valence-electron chi connectivity index (χ2n) is 11.1. The predicted molar refractivity (Wildman–Crippen MR) is 185 cm³/mol. The van der Waals surface area contributed by atoms with Crippen LogP contribution >= 0.6 is 47.8 Å². The van der Waals surface area contributed by atoms with Crippen molar-refractivity contribution in [2.45, 2.75) is 64.7 Å². The molecule has 0 N–H and O–H groups in total. The average molecular weight is 721 g/mol. The maximum atomic E-state index is 3.81. The smallest absolute Gasteiger partial charge is 0.0714 e. The minimum Gasteiger partial charge on any atom is -0.0928 e.